The number of aromatic nitrogens is 1. The number of ether oxygens (including phenoxy) is 1. The molecule has 0 radical (unpaired) electrons. The number of hydrogen-bond donors (Lipinski definition) is 2. The summed E-state index contributed by atoms with van der Waals surface area (Å²) in [4.78, 5) is 4.29. The molecule has 1 fully saturated rings. The Kier molecular flexibility index (Phi) is 5.21. The van der Waals surface area contributed by atoms with Crippen molar-refractivity contribution in [2.75, 3.05) is 26.3 Å². The van der Waals surface area contributed by atoms with E-state index in [9.17, 15) is 0 Å². The lowest BCUT2D eigenvalue weighted by Crippen LogP contribution is -2.30. The van der Waals surface area contributed by atoms with Crippen LogP contribution >= 0.6 is 23.3 Å². The summed E-state index contributed by atoms with van der Waals surface area (Å²) < 4.78 is 7.12. The first-order valence-corrected chi connectivity index (χ1v) is 7.10. The van der Waals surface area contributed by atoms with E-state index >= 15 is 0 Å². The molecule has 0 spiro atoms. The molecule has 1 aliphatic rings. The second-order valence-corrected chi connectivity index (χ2v) is 5.34. The van der Waals surface area contributed by atoms with Gasteiger partial charge in [0, 0.05) is 13.1 Å². The van der Waals surface area contributed by atoms with E-state index in [2.05, 4.69) is 10.3 Å². The predicted molar refractivity (Wildman–Crippen MR) is 73.4 cm³/mol. The molecule has 3 rings (SSSR count). The van der Waals surface area contributed by atoms with Crippen LogP contribution in [0.1, 0.15) is 0 Å². The van der Waals surface area contributed by atoms with Crippen molar-refractivity contribution < 1.29 is 4.74 Å². The number of nitrogens with zero attached hydrogens (tertiary/aromatic N) is 1. The highest BCUT2D eigenvalue weighted by atomic mass is 32.2. The van der Waals surface area contributed by atoms with E-state index in [-0.39, 0.29) is 0 Å². The Morgan fingerprint density at radius 2 is 2.06 bits per heavy atom. The lowest BCUT2D eigenvalue weighted by molar-refractivity contribution is 0.109. The molecule has 1 saturated heterocycles. The van der Waals surface area contributed by atoms with E-state index in [1.807, 2.05) is 24.3 Å². The normalized spacial score (nSPS) is 15.4. The number of thiazole rings is 1. The quantitative estimate of drug-likeness (QED) is 0.774. The van der Waals surface area contributed by atoms with Crippen LogP contribution in [0.15, 0.2) is 28.6 Å². The number of nitrogens with one attached hydrogen (secondary N) is 1. The van der Waals surface area contributed by atoms with Gasteiger partial charge in [-0.2, -0.15) is 0 Å². The Morgan fingerprint density at radius 3 is 2.59 bits per heavy atom. The predicted octanol–water partition coefficient (Wildman–Crippen LogP) is 1.87. The summed E-state index contributed by atoms with van der Waals surface area (Å²) in [5.41, 5.74) is 1.03. The molecule has 0 amide bonds. The average molecular weight is 269 g/mol. The van der Waals surface area contributed by atoms with Crippen LogP contribution < -0.4 is 10.5 Å². The second-order valence-electron chi connectivity index (χ2n) is 3.43. The summed E-state index contributed by atoms with van der Waals surface area (Å²) in [5, 5.41) is 8.54. The molecule has 1 aromatic heterocycles. The summed E-state index contributed by atoms with van der Waals surface area (Å²) in [5.74, 6) is 0. The van der Waals surface area contributed by atoms with Gasteiger partial charge in [0.15, 0.2) is 4.34 Å². The molecule has 92 valence electrons. The third kappa shape index (κ3) is 3.93. The van der Waals surface area contributed by atoms with Gasteiger partial charge in [-0.05, 0) is 24.1 Å². The number of benzene rings is 1. The number of nitrogens with two attached hydrogens (primary N) is 1. The molecule has 2 aromatic rings. The first kappa shape index (κ1) is 12.8. The Bertz CT molecular complexity index is 412. The van der Waals surface area contributed by atoms with E-state index in [1.165, 1.54) is 16.6 Å². The Morgan fingerprint density at radius 1 is 1.29 bits per heavy atom. The zero-order valence-electron chi connectivity index (χ0n) is 9.39. The van der Waals surface area contributed by atoms with E-state index < -0.39 is 0 Å². The van der Waals surface area contributed by atoms with E-state index in [0.29, 0.717) is 0 Å². The van der Waals surface area contributed by atoms with Gasteiger partial charge in [-0.1, -0.05) is 12.1 Å². The van der Waals surface area contributed by atoms with Gasteiger partial charge in [-0.25, -0.2) is 4.98 Å². The van der Waals surface area contributed by atoms with Crippen molar-refractivity contribution in [3.63, 3.8) is 0 Å². The minimum absolute atomic E-state index is 0.889. The molecule has 4 nitrogen and oxygen atoms in total. The number of rotatable bonds is 1. The zero-order chi connectivity index (χ0) is 11.9. The van der Waals surface area contributed by atoms with Crippen LogP contribution in [0.25, 0.3) is 10.2 Å². The first-order valence-electron chi connectivity index (χ1n) is 5.41. The van der Waals surface area contributed by atoms with E-state index in [0.717, 1.165) is 36.2 Å². The fourth-order valence-electron chi connectivity index (χ4n) is 1.42. The lowest BCUT2D eigenvalue weighted by Gasteiger charge is -2.10. The number of morpholine rings is 1. The molecule has 0 saturated carbocycles. The molecular weight excluding hydrogens is 254 g/mol. The third-order valence-corrected chi connectivity index (χ3v) is 3.88. The average Bonchev–Trinajstić information content (AvgIpc) is 2.84. The summed E-state index contributed by atoms with van der Waals surface area (Å²) in [6.07, 6.45) is 0. The molecule has 3 N–H and O–H groups in total. The highest BCUT2D eigenvalue weighted by Crippen LogP contribution is 2.25. The second kappa shape index (κ2) is 6.93. The molecular formula is C11H15N3OS2. The molecule has 0 atom stereocenters. The molecule has 0 aliphatic carbocycles. The van der Waals surface area contributed by atoms with Crippen LogP contribution in [0.3, 0.4) is 0 Å². The minimum atomic E-state index is 0.889. The van der Waals surface area contributed by atoms with Gasteiger partial charge in [-0.15, -0.1) is 11.3 Å². The zero-order valence-corrected chi connectivity index (χ0v) is 11.0. The smallest absolute Gasteiger partial charge is 0.165 e. The van der Waals surface area contributed by atoms with Gasteiger partial charge < -0.3 is 10.1 Å². The molecule has 6 heteroatoms. The highest BCUT2D eigenvalue weighted by molar-refractivity contribution is 7.99. The number of para-hydroxylation sites is 1. The largest absolute Gasteiger partial charge is 0.379 e. The molecule has 0 bridgehead atoms. The van der Waals surface area contributed by atoms with Gasteiger partial charge in [0.05, 0.1) is 23.4 Å². The van der Waals surface area contributed by atoms with Crippen molar-refractivity contribution in [1.29, 1.82) is 0 Å². The number of fused-ring (bicyclic) bond motifs is 1. The van der Waals surface area contributed by atoms with Crippen molar-refractivity contribution in [2.24, 2.45) is 5.14 Å². The Balaban J connectivity index is 0.000000153. The van der Waals surface area contributed by atoms with Crippen LogP contribution in [0, 0.1) is 0 Å². The Labute approximate surface area is 109 Å². The molecule has 0 unspecified atom stereocenters. The molecule has 1 aliphatic heterocycles. The van der Waals surface area contributed by atoms with Gasteiger partial charge in [0.1, 0.15) is 0 Å². The first-order chi connectivity index (χ1) is 8.40. The number of hydrogen-bond acceptors (Lipinski definition) is 6. The third-order valence-electron chi connectivity index (χ3n) is 2.22. The highest BCUT2D eigenvalue weighted by Gasteiger charge is 1.99. The SMILES string of the molecule is C1COCCN1.NSc1nc2ccccc2s1. The molecule has 17 heavy (non-hydrogen) atoms. The summed E-state index contributed by atoms with van der Waals surface area (Å²) in [6, 6.07) is 8.02. The van der Waals surface area contributed by atoms with Crippen LogP contribution in [0.5, 0.6) is 0 Å². The van der Waals surface area contributed by atoms with Gasteiger partial charge >= 0.3 is 0 Å². The van der Waals surface area contributed by atoms with Crippen LogP contribution in [0.4, 0.5) is 0 Å². The van der Waals surface area contributed by atoms with Gasteiger partial charge in [0.2, 0.25) is 0 Å². The summed E-state index contributed by atoms with van der Waals surface area (Å²) >= 11 is 2.83. The van der Waals surface area contributed by atoms with Crippen LogP contribution in [-0.2, 0) is 4.74 Å². The van der Waals surface area contributed by atoms with Crippen molar-refractivity contribution in [3.05, 3.63) is 24.3 Å². The monoisotopic (exact) mass is 269 g/mol. The fraction of sp³-hybridized carbons (Fsp3) is 0.364. The Hall–Kier alpha value is -0.660. The molecule has 1 aromatic carbocycles. The lowest BCUT2D eigenvalue weighted by atomic mass is 10.3. The minimum Gasteiger partial charge on any atom is -0.379 e. The summed E-state index contributed by atoms with van der Waals surface area (Å²) in [6.45, 7) is 3.83. The van der Waals surface area contributed by atoms with Gasteiger partial charge in [0.25, 0.3) is 0 Å². The fourth-order valence-corrected chi connectivity index (χ4v) is 2.73. The maximum atomic E-state index is 5.38. The molecule has 2 heterocycles. The van der Waals surface area contributed by atoms with Crippen LogP contribution in [-0.4, -0.2) is 31.3 Å². The van der Waals surface area contributed by atoms with Crippen molar-refractivity contribution in [2.45, 2.75) is 4.34 Å². The van der Waals surface area contributed by atoms with E-state index in [4.69, 9.17) is 9.88 Å². The maximum Gasteiger partial charge on any atom is 0.165 e. The maximum absolute atomic E-state index is 5.38. The summed E-state index contributed by atoms with van der Waals surface area (Å²) in [7, 11) is 0. The standard InChI is InChI=1S/C7H6N2S2.C4H9NO/c8-11-7-9-5-3-1-2-4-6(5)10-7;1-3-6-4-2-5-1/h1-4H,8H2;5H,1-4H2. The van der Waals surface area contributed by atoms with E-state index in [1.54, 1.807) is 11.3 Å². The van der Waals surface area contributed by atoms with Gasteiger partial charge in [-0.3, -0.25) is 5.14 Å². The van der Waals surface area contributed by atoms with Crippen molar-refractivity contribution >= 4 is 33.5 Å². The van der Waals surface area contributed by atoms with Crippen molar-refractivity contribution in [3.8, 4) is 0 Å². The van der Waals surface area contributed by atoms with Crippen LogP contribution in [0.2, 0.25) is 0 Å². The topological polar surface area (TPSA) is 60.2 Å². The van der Waals surface area contributed by atoms with Crippen molar-refractivity contribution in [1.82, 2.24) is 10.3 Å².